The van der Waals surface area contributed by atoms with Gasteiger partial charge in [0.25, 0.3) is 0 Å². The second kappa shape index (κ2) is 6.96. The smallest absolute Gasteiger partial charge is 0.342 e. The van der Waals surface area contributed by atoms with Gasteiger partial charge in [-0.2, -0.15) is 4.31 Å². The minimum absolute atomic E-state index is 0.0474. The summed E-state index contributed by atoms with van der Waals surface area (Å²) in [6.45, 7) is -0.214. The van der Waals surface area contributed by atoms with Crippen molar-refractivity contribution in [2.45, 2.75) is 17.6 Å². The number of nitrogens with zero attached hydrogens (tertiary/aromatic N) is 1. The number of hydrogen-bond donors (Lipinski definition) is 2. The quantitative estimate of drug-likeness (QED) is 0.794. The minimum atomic E-state index is -4.20. The lowest BCUT2D eigenvalue weighted by Gasteiger charge is -2.35. The molecule has 0 aliphatic carbocycles. The lowest BCUT2D eigenvalue weighted by Crippen LogP contribution is -2.52. The fourth-order valence-corrected chi connectivity index (χ4v) is 5.22. The molecule has 1 unspecified atom stereocenters. The highest BCUT2D eigenvalue weighted by molar-refractivity contribution is 7.89. The van der Waals surface area contributed by atoms with Crippen molar-refractivity contribution < 1.29 is 23.1 Å². The monoisotopic (exact) mass is 416 g/mol. The van der Waals surface area contributed by atoms with Crippen molar-refractivity contribution in [2.75, 3.05) is 12.4 Å². The number of rotatable bonds is 4. The molecule has 0 aromatic heterocycles. The van der Waals surface area contributed by atoms with Crippen molar-refractivity contribution in [1.29, 1.82) is 0 Å². The highest BCUT2D eigenvalue weighted by Crippen LogP contribution is 2.40. The Morgan fingerprint density at radius 1 is 1.31 bits per heavy atom. The number of hydrogen-bond acceptors (Lipinski definition) is 5. The summed E-state index contributed by atoms with van der Waals surface area (Å²) in [5.74, 6) is -0.912. The maximum absolute atomic E-state index is 13.1. The molecule has 0 radical (unpaired) electrons. The molecule has 0 saturated heterocycles. The first-order valence-corrected chi connectivity index (χ1v) is 9.57. The predicted molar refractivity (Wildman–Crippen MR) is 97.2 cm³/mol. The maximum Gasteiger partial charge on any atom is 0.342 e. The average Bonchev–Trinajstić information content (AvgIpc) is 2.56. The van der Waals surface area contributed by atoms with Crippen LogP contribution in [0.15, 0.2) is 41.3 Å². The minimum Gasteiger partial charge on any atom is -0.496 e. The summed E-state index contributed by atoms with van der Waals surface area (Å²) in [6.07, 6.45) is -1.52. The van der Waals surface area contributed by atoms with Crippen LogP contribution in [0.5, 0.6) is 5.75 Å². The first-order valence-electron chi connectivity index (χ1n) is 7.38. The molecule has 138 valence electrons. The molecule has 0 bridgehead atoms. The summed E-state index contributed by atoms with van der Waals surface area (Å²) < 4.78 is 32.3. The Morgan fingerprint density at radius 2 is 2.00 bits per heavy atom. The number of carbonyl (C=O) groups is 1. The van der Waals surface area contributed by atoms with Crippen molar-refractivity contribution in [3.63, 3.8) is 0 Å². The molecule has 1 aliphatic rings. The summed E-state index contributed by atoms with van der Waals surface area (Å²) >= 11 is 12.0. The SMILES string of the molecule is COc1ccccc1CN1C(C(=O)O)Nc2cc(Cl)cc(Cl)c2S1(=O)=O. The van der Waals surface area contributed by atoms with E-state index in [-0.39, 0.29) is 27.2 Å². The van der Waals surface area contributed by atoms with Crippen LogP contribution in [-0.4, -0.2) is 37.1 Å². The summed E-state index contributed by atoms with van der Waals surface area (Å²) in [6, 6.07) is 9.38. The lowest BCUT2D eigenvalue weighted by atomic mass is 10.2. The molecule has 0 fully saturated rings. The van der Waals surface area contributed by atoms with E-state index >= 15 is 0 Å². The molecule has 1 heterocycles. The Morgan fingerprint density at radius 3 is 2.65 bits per heavy atom. The molecule has 3 rings (SSSR count). The largest absolute Gasteiger partial charge is 0.496 e. The van der Waals surface area contributed by atoms with Crippen LogP contribution in [0.2, 0.25) is 10.0 Å². The molecule has 0 spiro atoms. The van der Waals surface area contributed by atoms with E-state index in [1.807, 2.05) is 0 Å². The molecule has 0 amide bonds. The number of carboxylic acid groups (broad SMARTS) is 1. The van der Waals surface area contributed by atoms with Crippen LogP contribution in [0, 0.1) is 0 Å². The molecule has 10 heteroatoms. The topological polar surface area (TPSA) is 95.9 Å². The van der Waals surface area contributed by atoms with E-state index in [0.29, 0.717) is 11.3 Å². The Labute approximate surface area is 160 Å². The third-order valence-electron chi connectivity index (χ3n) is 3.91. The van der Waals surface area contributed by atoms with E-state index in [1.165, 1.54) is 19.2 Å². The van der Waals surface area contributed by atoms with E-state index < -0.39 is 22.2 Å². The summed E-state index contributed by atoms with van der Waals surface area (Å²) in [5, 5.41) is 12.3. The Kier molecular flexibility index (Phi) is 5.03. The standard InChI is InChI=1S/C16H14Cl2N2O5S/c1-25-13-5-3-2-4-9(13)8-20-15(16(21)22)19-12-7-10(17)6-11(18)14(12)26(20,23)24/h2-7,15,19H,8H2,1H3,(H,21,22). The van der Waals surface area contributed by atoms with Gasteiger partial charge in [-0.3, -0.25) is 0 Å². The van der Waals surface area contributed by atoms with Crippen molar-refractivity contribution in [3.8, 4) is 5.75 Å². The number of anilines is 1. The van der Waals surface area contributed by atoms with Crippen LogP contribution in [0.25, 0.3) is 0 Å². The number of methoxy groups -OCH3 is 1. The van der Waals surface area contributed by atoms with Crippen LogP contribution in [-0.2, 0) is 21.4 Å². The Bertz CT molecular complexity index is 981. The van der Waals surface area contributed by atoms with Gasteiger partial charge in [0.05, 0.1) is 17.8 Å². The van der Waals surface area contributed by atoms with E-state index in [0.717, 1.165) is 4.31 Å². The van der Waals surface area contributed by atoms with Gasteiger partial charge in [-0.15, -0.1) is 0 Å². The first kappa shape index (κ1) is 18.8. The van der Waals surface area contributed by atoms with Gasteiger partial charge in [-0.25, -0.2) is 13.2 Å². The van der Waals surface area contributed by atoms with Crippen molar-refractivity contribution >= 4 is 44.9 Å². The van der Waals surface area contributed by atoms with Gasteiger partial charge >= 0.3 is 5.97 Å². The summed E-state index contributed by atoms with van der Waals surface area (Å²) in [7, 11) is -2.75. The van der Waals surface area contributed by atoms with Gasteiger partial charge in [0.2, 0.25) is 10.0 Å². The summed E-state index contributed by atoms with van der Waals surface area (Å²) in [5.41, 5.74) is 0.561. The molecule has 0 saturated carbocycles. The number of halogens is 2. The van der Waals surface area contributed by atoms with Crippen LogP contribution in [0.3, 0.4) is 0 Å². The van der Waals surface area contributed by atoms with Crippen LogP contribution >= 0.6 is 23.2 Å². The number of carboxylic acids is 1. The van der Waals surface area contributed by atoms with E-state index in [1.54, 1.807) is 24.3 Å². The zero-order valence-corrected chi connectivity index (χ0v) is 15.8. The van der Waals surface area contributed by atoms with Crippen LogP contribution < -0.4 is 10.1 Å². The molecular weight excluding hydrogens is 403 g/mol. The van der Waals surface area contributed by atoms with E-state index in [2.05, 4.69) is 5.32 Å². The molecular formula is C16H14Cl2N2O5S. The zero-order chi connectivity index (χ0) is 19.1. The number of fused-ring (bicyclic) bond motifs is 1. The Hall–Kier alpha value is -2.00. The third kappa shape index (κ3) is 3.21. The molecule has 1 atom stereocenters. The van der Waals surface area contributed by atoms with Crippen molar-refractivity contribution in [1.82, 2.24) is 4.31 Å². The molecule has 1 aliphatic heterocycles. The van der Waals surface area contributed by atoms with Gasteiger partial charge < -0.3 is 15.2 Å². The molecule has 2 aromatic rings. The highest BCUT2D eigenvalue weighted by atomic mass is 35.5. The number of benzene rings is 2. The third-order valence-corrected chi connectivity index (χ3v) is 6.45. The van der Waals surface area contributed by atoms with E-state index in [4.69, 9.17) is 27.9 Å². The average molecular weight is 417 g/mol. The Balaban J connectivity index is 2.15. The fourth-order valence-electron chi connectivity index (χ4n) is 2.77. The number of nitrogens with one attached hydrogen (secondary N) is 1. The fraction of sp³-hybridized carbons (Fsp3) is 0.188. The first-order chi connectivity index (χ1) is 12.3. The molecule has 26 heavy (non-hydrogen) atoms. The molecule has 2 N–H and O–H groups in total. The zero-order valence-electron chi connectivity index (χ0n) is 13.4. The van der Waals surface area contributed by atoms with Crippen LogP contribution in [0.1, 0.15) is 5.56 Å². The van der Waals surface area contributed by atoms with Gasteiger partial charge in [-0.05, 0) is 18.2 Å². The van der Waals surface area contributed by atoms with Crippen LogP contribution in [0.4, 0.5) is 5.69 Å². The highest BCUT2D eigenvalue weighted by Gasteiger charge is 2.43. The molecule has 7 nitrogen and oxygen atoms in total. The number of para-hydroxylation sites is 1. The number of ether oxygens (including phenoxy) is 1. The summed E-state index contributed by atoms with van der Waals surface area (Å²) in [4.78, 5) is 11.5. The second-order valence-corrected chi connectivity index (χ2v) is 8.18. The lowest BCUT2D eigenvalue weighted by molar-refractivity contribution is -0.140. The number of sulfonamides is 1. The second-order valence-electron chi connectivity index (χ2n) is 5.51. The maximum atomic E-state index is 13.1. The predicted octanol–water partition coefficient (Wildman–Crippen LogP) is 3.03. The van der Waals surface area contributed by atoms with Gasteiger partial charge in [-0.1, -0.05) is 41.4 Å². The van der Waals surface area contributed by atoms with Gasteiger partial charge in [0.1, 0.15) is 10.6 Å². The van der Waals surface area contributed by atoms with Crippen molar-refractivity contribution in [3.05, 3.63) is 52.0 Å². The normalized spacial score (nSPS) is 18.7. The number of aliphatic carboxylic acids is 1. The molecule has 2 aromatic carbocycles. The van der Waals surface area contributed by atoms with Gasteiger partial charge in [0, 0.05) is 17.1 Å². The van der Waals surface area contributed by atoms with Crippen molar-refractivity contribution in [2.24, 2.45) is 0 Å². The van der Waals surface area contributed by atoms with E-state index in [9.17, 15) is 18.3 Å². The van der Waals surface area contributed by atoms with Gasteiger partial charge in [0.15, 0.2) is 6.17 Å².